The summed E-state index contributed by atoms with van der Waals surface area (Å²) in [7, 11) is 1.51. The quantitative estimate of drug-likeness (QED) is 0.485. The van der Waals surface area contributed by atoms with Gasteiger partial charge in [0.25, 0.3) is 5.89 Å². The standard InChI is InChI=1S/C21H16ClFN4O3/c1-29-18-9-6-14(22)11-16(18)24-19(28)12-27-10-2-3-17(27)21-25-20(26-30-21)13-4-7-15(23)8-5-13/h2-11H,12H2,1H3,(H,24,28). The Balaban J connectivity index is 1.52. The van der Waals surface area contributed by atoms with Crippen LogP contribution in [-0.2, 0) is 11.3 Å². The predicted molar refractivity (Wildman–Crippen MR) is 110 cm³/mol. The molecule has 4 rings (SSSR count). The van der Waals surface area contributed by atoms with Crippen LogP contribution in [0.2, 0.25) is 5.02 Å². The number of amides is 1. The van der Waals surface area contributed by atoms with Gasteiger partial charge in [-0.3, -0.25) is 4.79 Å². The predicted octanol–water partition coefficient (Wildman–Crippen LogP) is 4.64. The van der Waals surface area contributed by atoms with E-state index in [0.29, 0.717) is 33.5 Å². The van der Waals surface area contributed by atoms with Gasteiger partial charge in [-0.05, 0) is 54.6 Å². The Hall–Kier alpha value is -3.65. The lowest BCUT2D eigenvalue weighted by Gasteiger charge is -2.11. The van der Waals surface area contributed by atoms with Gasteiger partial charge in [-0.2, -0.15) is 4.98 Å². The number of carbonyl (C=O) groups is 1. The molecule has 0 radical (unpaired) electrons. The molecule has 2 aromatic carbocycles. The number of nitrogens with one attached hydrogen (secondary N) is 1. The van der Waals surface area contributed by atoms with Crippen LogP contribution in [0, 0.1) is 5.82 Å². The van der Waals surface area contributed by atoms with Crippen molar-refractivity contribution < 1.29 is 18.4 Å². The molecule has 2 aromatic heterocycles. The molecule has 7 nitrogen and oxygen atoms in total. The van der Waals surface area contributed by atoms with E-state index in [1.165, 1.54) is 19.2 Å². The van der Waals surface area contributed by atoms with Gasteiger partial charge in [0.15, 0.2) is 0 Å². The lowest BCUT2D eigenvalue weighted by atomic mass is 10.2. The number of hydrogen-bond donors (Lipinski definition) is 1. The van der Waals surface area contributed by atoms with Crippen molar-refractivity contribution in [1.82, 2.24) is 14.7 Å². The minimum atomic E-state index is -0.348. The Morgan fingerprint density at radius 3 is 2.80 bits per heavy atom. The Morgan fingerprint density at radius 2 is 2.03 bits per heavy atom. The van der Waals surface area contributed by atoms with Gasteiger partial charge >= 0.3 is 0 Å². The van der Waals surface area contributed by atoms with E-state index in [1.807, 2.05) is 0 Å². The fourth-order valence-corrected chi connectivity index (χ4v) is 3.08. The summed E-state index contributed by atoms with van der Waals surface area (Å²) in [6, 6.07) is 14.3. The van der Waals surface area contributed by atoms with Crippen molar-refractivity contribution in [2.75, 3.05) is 12.4 Å². The Morgan fingerprint density at radius 1 is 1.23 bits per heavy atom. The van der Waals surface area contributed by atoms with Crippen molar-refractivity contribution in [2.24, 2.45) is 0 Å². The first-order valence-corrected chi connectivity index (χ1v) is 9.30. The first kappa shape index (κ1) is 19.7. The summed E-state index contributed by atoms with van der Waals surface area (Å²) in [5, 5.41) is 7.20. The van der Waals surface area contributed by atoms with Crippen LogP contribution in [0.25, 0.3) is 23.0 Å². The fourth-order valence-electron chi connectivity index (χ4n) is 2.91. The van der Waals surface area contributed by atoms with Gasteiger partial charge in [-0.1, -0.05) is 16.8 Å². The second kappa shape index (κ2) is 8.38. The molecule has 0 saturated carbocycles. The maximum absolute atomic E-state index is 13.1. The number of methoxy groups -OCH3 is 1. The minimum Gasteiger partial charge on any atom is -0.495 e. The van der Waals surface area contributed by atoms with Crippen LogP contribution in [0.3, 0.4) is 0 Å². The molecule has 1 N–H and O–H groups in total. The monoisotopic (exact) mass is 426 g/mol. The van der Waals surface area contributed by atoms with E-state index < -0.39 is 0 Å². The molecule has 152 valence electrons. The molecule has 0 unspecified atom stereocenters. The van der Waals surface area contributed by atoms with Crippen LogP contribution in [-0.4, -0.2) is 27.7 Å². The SMILES string of the molecule is COc1ccc(Cl)cc1NC(=O)Cn1cccc1-c1nc(-c2ccc(F)cc2)no1. The van der Waals surface area contributed by atoms with Gasteiger partial charge in [0.05, 0.1) is 12.8 Å². The summed E-state index contributed by atoms with van der Waals surface area (Å²) in [4.78, 5) is 16.9. The zero-order valence-corrected chi connectivity index (χ0v) is 16.6. The molecule has 0 fully saturated rings. The average Bonchev–Trinajstić information content (AvgIpc) is 3.38. The number of carbonyl (C=O) groups excluding carboxylic acids is 1. The van der Waals surface area contributed by atoms with Crippen molar-refractivity contribution in [2.45, 2.75) is 6.54 Å². The van der Waals surface area contributed by atoms with Crippen molar-refractivity contribution in [1.29, 1.82) is 0 Å². The largest absolute Gasteiger partial charge is 0.495 e. The van der Waals surface area contributed by atoms with Gasteiger partial charge < -0.3 is 19.1 Å². The topological polar surface area (TPSA) is 82.2 Å². The number of halogens is 2. The van der Waals surface area contributed by atoms with Crippen LogP contribution < -0.4 is 10.1 Å². The van der Waals surface area contributed by atoms with Crippen LogP contribution in [0.5, 0.6) is 5.75 Å². The highest BCUT2D eigenvalue weighted by Crippen LogP contribution is 2.28. The fraction of sp³-hybridized carbons (Fsp3) is 0.0952. The summed E-state index contributed by atoms with van der Waals surface area (Å²) in [5.41, 5.74) is 1.67. The first-order valence-electron chi connectivity index (χ1n) is 8.92. The summed E-state index contributed by atoms with van der Waals surface area (Å²) in [6.07, 6.45) is 1.73. The summed E-state index contributed by atoms with van der Waals surface area (Å²) in [5.74, 6) is 0.435. The smallest absolute Gasteiger partial charge is 0.274 e. The molecule has 4 aromatic rings. The average molecular weight is 427 g/mol. The van der Waals surface area contributed by atoms with E-state index in [9.17, 15) is 9.18 Å². The Kier molecular flexibility index (Phi) is 5.49. The Bertz CT molecular complexity index is 1190. The molecule has 0 atom stereocenters. The highest BCUT2D eigenvalue weighted by atomic mass is 35.5. The number of aromatic nitrogens is 3. The van der Waals surface area contributed by atoms with E-state index in [4.69, 9.17) is 20.9 Å². The number of benzene rings is 2. The van der Waals surface area contributed by atoms with E-state index in [0.717, 1.165) is 0 Å². The van der Waals surface area contributed by atoms with Crippen LogP contribution in [0.1, 0.15) is 0 Å². The van der Waals surface area contributed by atoms with Crippen molar-refractivity contribution in [3.63, 3.8) is 0 Å². The summed E-state index contributed by atoms with van der Waals surface area (Å²) >= 11 is 6.01. The van der Waals surface area contributed by atoms with Crippen molar-refractivity contribution in [3.8, 4) is 28.7 Å². The number of anilines is 1. The summed E-state index contributed by atoms with van der Waals surface area (Å²) < 4.78 is 25.4. The molecule has 0 aliphatic heterocycles. The maximum atomic E-state index is 13.1. The second-order valence-corrected chi connectivity index (χ2v) is 6.78. The summed E-state index contributed by atoms with van der Waals surface area (Å²) in [6.45, 7) is 0.00621. The van der Waals surface area contributed by atoms with Gasteiger partial charge in [-0.25, -0.2) is 4.39 Å². The lowest BCUT2D eigenvalue weighted by Crippen LogP contribution is -2.19. The third kappa shape index (κ3) is 4.18. The molecule has 0 aliphatic carbocycles. The lowest BCUT2D eigenvalue weighted by molar-refractivity contribution is -0.116. The van der Waals surface area contributed by atoms with Crippen molar-refractivity contribution in [3.05, 3.63) is 71.6 Å². The van der Waals surface area contributed by atoms with Crippen LogP contribution >= 0.6 is 11.6 Å². The van der Waals surface area contributed by atoms with E-state index in [2.05, 4.69) is 15.5 Å². The molecule has 9 heteroatoms. The highest BCUT2D eigenvalue weighted by Gasteiger charge is 2.16. The molecule has 0 aliphatic rings. The molecule has 0 saturated heterocycles. The van der Waals surface area contributed by atoms with Gasteiger partial charge in [-0.15, -0.1) is 0 Å². The molecule has 0 spiro atoms. The van der Waals surface area contributed by atoms with Gasteiger partial charge in [0.2, 0.25) is 11.7 Å². The minimum absolute atomic E-state index is 0.00621. The van der Waals surface area contributed by atoms with Crippen LogP contribution in [0.4, 0.5) is 10.1 Å². The van der Waals surface area contributed by atoms with E-state index >= 15 is 0 Å². The number of nitrogens with zero attached hydrogens (tertiary/aromatic N) is 3. The zero-order valence-electron chi connectivity index (χ0n) is 15.8. The van der Waals surface area contributed by atoms with Crippen LogP contribution in [0.15, 0.2) is 65.3 Å². The number of ether oxygens (including phenoxy) is 1. The Labute approximate surface area is 176 Å². The molecule has 30 heavy (non-hydrogen) atoms. The van der Waals surface area contributed by atoms with Gasteiger partial charge in [0, 0.05) is 16.8 Å². The van der Waals surface area contributed by atoms with E-state index in [1.54, 1.807) is 53.2 Å². The third-order valence-electron chi connectivity index (χ3n) is 4.33. The normalized spacial score (nSPS) is 10.8. The maximum Gasteiger partial charge on any atom is 0.274 e. The first-order chi connectivity index (χ1) is 14.5. The second-order valence-electron chi connectivity index (χ2n) is 6.34. The van der Waals surface area contributed by atoms with E-state index in [-0.39, 0.29) is 24.2 Å². The van der Waals surface area contributed by atoms with Gasteiger partial charge in [0.1, 0.15) is 23.8 Å². The van der Waals surface area contributed by atoms with Crippen molar-refractivity contribution >= 4 is 23.2 Å². The molecule has 0 bridgehead atoms. The molecular formula is C21H16ClFN4O3. The molecular weight excluding hydrogens is 411 g/mol. The molecule has 2 heterocycles. The number of rotatable bonds is 6. The molecule has 1 amide bonds. The number of hydrogen-bond acceptors (Lipinski definition) is 5. The highest BCUT2D eigenvalue weighted by molar-refractivity contribution is 6.31. The third-order valence-corrected chi connectivity index (χ3v) is 4.56. The zero-order chi connectivity index (χ0) is 21.1.